The lowest BCUT2D eigenvalue weighted by Crippen LogP contribution is -2.27. The van der Waals surface area contributed by atoms with Gasteiger partial charge in [0.05, 0.1) is 10.7 Å². The number of nitrogens with zero attached hydrogens (tertiary/aromatic N) is 2. The minimum absolute atomic E-state index is 0.0575. The Kier molecular flexibility index (Phi) is 7.47. The van der Waals surface area contributed by atoms with Gasteiger partial charge in [0.25, 0.3) is 11.6 Å². The Morgan fingerprint density at radius 3 is 2.43 bits per heavy atom. The summed E-state index contributed by atoms with van der Waals surface area (Å²) >= 11 is 1.47. The molecule has 35 heavy (non-hydrogen) atoms. The Balaban J connectivity index is 1.36. The van der Waals surface area contributed by atoms with Gasteiger partial charge in [-0.05, 0) is 37.3 Å². The highest BCUT2D eigenvalue weighted by molar-refractivity contribution is 8.00. The van der Waals surface area contributed by atoms with Crippen LogP contribution >= 0.6 is 11.8 Å². The van der Waals surface area contributed by atoms with Crippen molar-refractivity contribution in [3.63, 3.8) is 0 Å². The van der Waals surface area contributed by atoms with E-state index in [0.29, 0.717) is 18.7 Å². The fraction of sp³-hybridized carbons (Fsp3) is 0.154. The maximum Gasteiger partial charge on any atom is 0.269 e. The zero-order valence-electron chi connectivity index (χ0n) is 19.1. The summed E-state index contributed by atoms with van der Waals surface area (Å²) in [4.78, 5) is 36.1. The van der Waals surface area contributed by atoms with E-state index < -0.39 is 4.92 Å². The quantitative estimate of drug-likeness (QED) is 0.195. The van der Waals surface area contributed by atoms with Gasteiger partial charge in [-0.15, -0.1) is 11.8 Å². The summed E-state index contributed by atoms with van der Waals surface area (Å²) in [7, 11) is 0. The predicted octanol–water partition coefficient (Wildman–Crippen LogP) is 5.02. The number of anilines is 1. The standard InChI is InChI=1S/C26H24N4O4S/c1-18-6-10-20(11-7-18)28-25(31)17-35-24-16-29(23-5-3-2-4-22(23)24)15-14-27-26(32)19-8-12-21(13-9-19)30(33)34/h2-13,16H,14-15,17H2,1H3,(H,27,32)(H,28,31). The molecule has 2 amide bonds. The van der Waals surface area contributed by atoms with Gasteiger partial charge in [0.2, 0.25) is 5.91 Å². The number of amides is 2. The second-order valence-electron chi connectivity index (χ2n) is 7.97. The monoisotopic (exact) mass is 488 g/mol. The number of thioether (sulfide) groups is 1. The van der Waals surface area contributed by atoms with E-state index in [1.165, 1.54) is 36.0 Å². The molecule has 0 saturated heterocycles. The van der Waals surface area contributed by atoms with Crippen LogP contribution in [0.2, 0.25) is 0 Å². The lowest BCUT2D eigenvalue weighted by atomic mass is 10.2. The van der Waals surface area contributed by atoms with Crippen molar-refractivity contribution in [2.45, 2.75) is 18.4 Å². The van der Waals surface area contributed by atoms with Gasteiger partial charge in [0, 0.05) is 58.5 Å². The summed E-state index contributed by atoms with van der Waals surface area (Å²) in [6, 6.07) is 21.1. The molecule has 0 bridgehead atoms. The van der Waals surface area contributed by atoms with E-state index in [1.807, 2.05) is 66.2 Å². The second kappa shape index (κ2) is 10.9. The molecule has 8 nitrogen and oxygen atoms in total. The average Bonchev–Trinajstić information content (AvgIpc) is 3.22. The maximum absolute atomic E-state index is 12.4. The van der Waals surface area contributed by atoms with Crippen LogP contribution in [0.25, 0.3) is 10.9 Å². The van der Waals surface area contributed by atoms with Crippen molar-refractivity contribution in [3.8, 4) is 0 Å². The van der Waals surface area contributed by atoms with Crippen LogP contribution in [0.5, 0.6) is 0 Å². The highest BCUT2D eigenvalue weighted by Gasteiger charge is 2.12. The first-order chi connectivity index (χ1) is 16.9. The molecule has 0 aliphatic carbocycles. The zero-order chi connectivity index (χ0) is 24.8. The minimum Gasteiger partial charge on any atom is -0.350 e. The fourth-order valence-corrected chi connectivity index (χ4v) is 4.51. The number of benzene rings is 3. The van der Waals surface area contributed by atoms with E-state index in [1.54, 1.807) is 0 Å². The Bertz CT molecular complexity index is 1360. The molecular formula is C26H24N4O4S. The Hall–Kier alpha value is -4.11. The summed E-state index contributed by atoms with van der Waals surface area (Å²) in [6.07, 6.45) is 1.99. The topological polar surface area (TPSA) is 106 Å². The number of nitro groups is 1. The van der Waals surface area contributed by atoms with Crippen LogP contribution in [0.3, 0.4) is 0 Å². The molecule has 0 saturated carbocycles. The van der Waals surface area contributed by atoms with E-state index in [-0.39, 0.29) is 23.3 Å². The van der Waals surface area contributed by atoms with Gasteiger partial charge >= 0.3 is 0 Å². The number of hydrogen-bond acceptors (Lipinski definition) is 5. The van der Waals surface area contributed by atoms with Gasteiger partial charge in [-0.25, -0.2) is 0 Å². The molecule has 0 radical (unpaired) electrons. The van der Waals surface area contributed by atoms with Gasteiger partial charge in [-0.1, -0.05) is 35.9 Å². The van der Waals surface area contributed by atoms with Crippen LogP contribution in [-0.2, 0) is 11.3 Å². The molecule has 1 aromatic heterocycles. The van der Waals surface area contributed by atoms with Crippen LogP contribution in [0.15, 0.2) is 83.9 Å². The molecule has 0 fully saturated rings. The van der Waals surface area contributed by atoms with Crippen molar-refractivity contribution in [2.24, 2.45) is 0 Å². The first-order valence-electron chi connectivity index (χ1n) is 11.0. The summed E-state index contributed by atoms with van der Waals surface area (Å²) in [5.74, 6) is -0.0940. The second-order valence-corrected chi connectivity index (χ2v) is 8.98. The summed E-state index contributed by atoms with van der Waals surface area (Å²) in [6.45, 7) is 2.92. The number of carbonyl (C=O) groups is 2. The normalized spacial score (nSPS) is 10.8. The SMILES string of the molecule is Cc1ccc(NC(=O)CSc2cn(CCNC(=O)c3ccc([N+](=O)[O-])cc3)c3ccccc23)cc1. The number of hydrogen-bond donors (Lipinski definition) is 2. The average molecular weight is 489 g/mol. The number of aryl methyl sites for hydroxylation is 1. The number of aromatic nitrogens is 1. The number of para-hydroxylation sites is 1. The van der Waals surface area contributed by atoms with E-state index in [0.717, 1.165) is 27.0 Å². The first kappa shape index (κ1) is 24.0. The largest absolute Gasteiger partial charge is 0.350 e. The Labute approximate surface area is 206 Å². The maximum atomic E-state index is 12.4. The van der Waals surface area contributed by atoms with Crippen molar-refractivity contribution in [1.29, 1.82) is 0 Å². The predicted molar refractivity (Wildman–Crippen MR) is 138 cm³/mol. The van der Waals surface area contributed by atoms with Crippen LogP contribution in [-0.4, -0.2) is 33.6 Å². The van der Waals surface area contributed by atoms with Gasteiger partial charge in [0.15, 0.2) is 0 Å². The molecule has 3 aromatic carbocycles. The third-order valence-corrected chi connectivity index (χ3v) is 6.47. The smallest absolute Gasteiger partial charge is 0.269 e. The van der Waals surface area contributed by atoms with Crippen molar-refractivity contribution in [3.05, 3.63) is 100 Å². The molecule has 1 heterocycles. The lowest BCUT2D eigenvalue weighted by molar-refractivity contribution is -0.384. The number of fused-ring (bicyclic) bond motifs is 1. The third-order valence-electron chi connectivity index (χ3n) is 5.42. The molecule has 0 unspecified atom stereocenters. The third kappa shape index (κ3) is 6.07. The van der Waals surface area contributed by atoms with Crippen LogP contribution < -0.4 is 10.6 Å². The molecule has 2 N–H and O–H groups in total. The molecular weight excluding hydrogens is 464 g/mol. The van der Waals surface area contributed by atoms with Gasteiger partial charge in [-0.2, -0.15) is 0 Å². The fourth-order valence-electron chi connectivity index (χ4n) is 3.62. The van der Waals surface area contributed by atoms with Crippen molar-refractivity contribution < 1.29 is 14.5 Å². The summed E-state index contributed by atoms with van der Waals surface area (Å²) in [5.41, 5.74) is 3.22. The molecule has 4 aromatic rings. The number of nitrogens with one attached hydrogen (secondary N) is 2. The van der Waals surface area contributed by atoms with Crippen LogP contribution in [0, 0.1) is 17.0 Å². The number of carbonyl (C=O) groups excluding carboxylic acids is 2. The Morgan fingerprint density at radius 1 is 1.00 bits per heavy atom. The summed E-state index contributed by atoms with van der Waals surface area (Å²) in [5, 5.41) is 17.6. The van der Waals surface area contributed by atoms with Crippen LogP contribution in [0.1, 0.15) is 15.9 Å². The van der Waals surface area contributed by atoms with Gasteiger partial charge in [0.1, 0.15) is 0 Å². The van der Waals surface area contributed by atoms with Gasteiger partial charge in [-0.3, -0.25) is 19.7 Å². The highest BCUT2D eigenvalue weighted by atomic mass is 32.2. The molecule has 0 aliphatic rings. The minimum atomic E-state index is -0.499. The van der Waals surface area contributed by atoms with Crippen molar-refractivity contribution in [2.75, 3.05) is 17.6 Å². The highest BCUT2D eigenvalue weighted by Crippen LogP contribution is 2.30. The molecule has 0 atom stereocenters. The van der Waals surface area contributed by atoms with E-state index >= 15 is 0 Å². The number of rotatable bonds is 9. The van der Waals surface area contributed by atoms with Crippen LogP contribution in [0.4, 0.5) is 11.4 Å². The van der Waals surface area contributed by atoms with E-state index in [9.17, 15) is 19.7 Å². The molecule has 178 valence electrons. The number of nitro benzene ring substituents is 1. The zero-order valence-corrected chi connectivity index (χ0v) is 19.9. The molecule has 0 aliphatic heterocycles. The molecule has 0 spiro atoms. The summed E-state index contributed by atoms with van der Waals surface area (Å²) < 4.78 is 2.05. The molecule has 9 heteroatoms. The number of non-ortho nitro benzene ring substituents is 1. The molecule has 4 rings (SSSR count). The van der Waals surface area contributed by atoms with E-state index in [2.05, 4.69) is 10.6 Å². The van der Waals surface area contributed by atoms with E-state index in [4.69, 9.17) is 0 Å². The van der Waals surface area contributed by atoms with Gasteiger partial charge < -0.3 is 15.2 Å². The first-order valence-corrected chi connectivity index (χ1v) is 12.0. The van der Waals surface area contributed by atoms with Crippen molar-refractivity contribution in [1.82, 2.24) is 9.88 Å². The Morgan fingerprint density at radius 2 is 1.71 bits per heavy atom. The van der Waals surface area contributed by atoms with Crippen molar-refractivity contribution >= 4 is 45.9 Å². The lowest BCUT2D eigenvalue weighted by Gasteiger charge is -2.07.